The highest BCUT2D eigenvalue weighted by atomic mass is 19.1. The molecule has 0 aliphatic heterocycles. The second-order valence-corrected chi connectivity index (χ2v) is 5.40. The number of carbonyl (C=O) groups is 2. The molecular weight excluding hydrogens is 275 g/mol. The van der Waals surface area contributed by atoms with Crippen LogP contribution < -0.4 is 5.32 Å². The van der Waals surface area contributed by atoms with Crippen LogP contribution in [0.2, 0.25) is 0 Å². The second kappa shape index (κ2) is 5.81. The molecule has 1 aliphatic carbocycles. The number of carbonyl (C=O) groups excluding carboxylic acids is 2. The number of amides is 2. The Hall–Kier alpha value is -1.95. The molecule has 6 heteroatoms. The fourth-order valence-electron chi connectivity index (χ4n) is 2.29. The van der Waals surface area contributed by atoms with Gasteiger partial charge in [0.15, 0.2) is 5.78 Å². The maximum atomic E-state index is 13.5. The molecule has 114 valence electrons. The number of rotatable bonds is 5. The first-order valence-electron chi connectivity index (χ1n) is 6.74. The van der Waals surface area contributed by atoms with Gasteiger partial charge in [0, 0.05) is 19.8 Å². The summed E-state index contributed by atoms with van der Waals surface area (Å²) < 4.78 is 18.6. The summed E-state index contributed by atoms with van der Waals surface area (Å²) in [5.41, 5.74) is 0.113. The molecule has 0 unspecified atom stereocenters. The lowest BCUT2D eigenvalue weighted by molar-refractivity contribution is 0.101. The lowest BCUT2D eigenvalue weighted by atomic mass is 10.1. The maximum Gasteiger partial charge on any atom is 0.322 e. The van der Waals surface area contributed by atoms with Crippen LogP contribution in [0.5, 0.6) is 0 Å². The number of ether oxygens (including phenoxy) is 1. The van der Waals surface area contributed by atoms with E-state index >= 15 is 0 Å². The summed E-state index contributed by atoms with van der Waals surface area (Å²) in [6.45, 7) is 1.77. The van der Waals surface area contributed by atoms with E-state index in [0.29, 0.717) is 12.3 Å². The number of methoxy groups -OCH3 is 1. The number of halogens is 1. The van der Waals surface area contributed by atoms with Crippen molar-refractivity contribution in [2.45, 2.75) is 25.3 Å². The molecule has 5 nitrogen and oxygen atoms in total. The van der Waals surface area contributed by atoms with Crippen LogP contribution in [0.3, 0.4) is 0 Å². The number of urea groups is 1. The molecule has 0 atom stereocenters. The third-order valence-corrected chi connectivity index (χ3v) is 3.85. The van der Waals surface area contributed by atoms with Gasteiger partial charge in [0.2, 0.25) is 0 Å². The van der Waals surface area contributed by atoms with Crippen LogP contribution in [-0.4, -0.2) is 43.0 Å². The number of anilines is 1. The second-order valence-electron chi connectivity index (χ2n) is 5.40. The zero-order valence-corrected chi connectivity index (χ0v) is 12.4. The lowest BCUT2D eigenvalue weighted by Gasteiger charge is -2.27. The molecule has 1 aliphatic rings. The van der Waals surface area contributed by atoms with Crippen LogP contribution in [0, 0.1) is 5.82 Å². The Morgan fingerprint density at radius 1 is 1.43 bits per heavy atom. The minimum absolute atomic E-state index is 0.0338. The van der Waals surface area contributed by atoms with E-state index < -0.39 is 5.82 Å². The van der Waals surface area contributed by atoms with Crippen LogP contribution >= 0.6 is 0 Å². The van der Waals surface area contributed by atoms with E-state index in [4.69, 9.17) is 4.74 Å². The highest BCUT2D eigenvalue weighted by Gasteiger charge is 2.48. The van der Waals surface area contributed by atoms with Crippen molar-refractivity contribution in [2.24, 2.45) is 0 Å². The molecule has 0 aromatic heterocycles. The molecule has 1 fully saturated rings. The Morgan fingerprint density at radius 2 is 2.10 bits per heavy atom. The van der Waals surface area contributed by atoms with Gasteiger partial charge in [-0.25, -0.2) is 9.18 Å². The highest BCUT2D eigenvalue weighted by molar-refractivity contribution is 5.97. The van der Waals surface area contributed by atoms with Gasteiger partial charge in [-0.2, -0.15) is 0 Å². The number of nitrogens with one attached hydrogen (secondary N) is 1. The molecule has 0 heterocycles. The third kappa shape index (κ3) is 3.21. The van der Waals surface area contributed by atoms with Crippen molar-refractivity contribution in [3.8, 4) is 0 Å². The standard InChI is InChI=1S/C15H19FN2O3/c1-10(19)12-8-11(4-5-13(12)16)17-14(20)18(2)15(6-7-15)9-21-3/h4-5,8H,6-7,9H2,1-3H3,(H,17,20). The maximum absolute atomic E-state index is 13.5. The van der Waals surface area contributed by atoms with Crippen LogP contribution in [-0.2, 0) is 4.74 Å². The molecule has 1 saturated carbocycles. The van der Waals surface area contributed by atoms with Crippen LogP contribution in [0.25, 0.3) is 0 Å². The van der Waals surface area contributed by atoms with Gasteiger partial charge in [-0.1, -0.05) is 0 Å². The van der Waals surface area contributed by atoms with Gasteiger partial charge in [-0.05, 0) is 38.0 Å². The summed E-state index contributed by atoms with van der Waals surface area (Å²) in [4.78, 5) is 25.1. The topological polar surface area (TPSA) is 58.6 Å². The Morgan fingerprint density at radius 3 is 2.62 bits per heavy atom. The van der Waals surface area contributed by atoms with E-state index in [1.165, 1.54) is 25.1 Å². The molecule has 0 spiro atoms. The zero-order valence-electron chi connectivity index (χ0n) is 12.4. The van der Waals surface area contributed by atoms with Crippen LogP contribution in [0.4, 0.5) is 14.9 Å². The summed E-state index contributed by atoms with van der Waals surface area (Å²) in [6.07, 6.45) is 1.79. The lowest BCUT2D eigenvalue weighted by Crippen LogP contribution is -2.44. The number of Topliss-reactive ketones (excluding diaryl/α,β-unsaturated/α-hetero) is 1. The fraction of sp³-hybridized carbons (Fsp3) is 0.467. The number of likely N-dealkylation sites (N-methyl/N-ethyl adjacent to an activating group) is 1. The first-order chi connectivity index (χ1) is 9.89. The van der Waals surface area contributed by atoms with E-state index in [1.807, 2.05) is 0 Å². The minimum Gasteiger partial charge on any atom is -0.382 e. The predicted octanol–water partition coefficient (Wildman–Crippen LogP) is 2.67. The van der Waals surface area contributed by atoms with Crippen molar-refractivity contribution in [3.05, 3.63) is 29.6 Å². The summed E-state index contributed by atoms with van der Waals surface area (Å²) in [6, 6.07) is 3.66. The Bertz CT molecular complexity index is 570. The van der Waals surface area contributed by atoms with Crippen molar-refractivity contribution in [1.82, 2.24) is 4.90 Å². The van der Waals surface area contributed by atoms with E-state index in [1.54, 1.807) is 19.1 Å². The monoisotopic (exact) mass is 294 g/mol. The Balaban J connectivity index is 2.09. The summed E-state index contributed by atoms with van der Waals surface area (Å²) in [7, 11) is 3.31. The molecular formula is C15H19FN2O3. The van der Waals surface area contributed by atoms with Gasteiger partial charge in [-0.15, -0.1) is 0 Å². The van der Waals surface area contributed by atoms with Crippen molar-refractivity contribution < 1.29 is 18.7 Å². The number of hydrogen-bond donors (Lipinski definition) is 1. The highest BCUT2D eigenvalue weighted by Crippen LogP contribution is 2.41. The van der Waals surface area contributed by atoms with E-state index in [-0.39, 0.29) is 22.9 Å². The van der Waals surface area contributed by atoms with Crippen LogP contribution in [0.15, 0.2) is 18.2 Å². The fourth-order valence-corrected chi connectivity index (χ4v) is 2.29. The number of nitrogens with zero attached hydrogens (tertiary/aromatic N) is 1. The van der Waals surface area contributed by atoms with Gasteiger partial charge in [-0.3, -0.25) is 4.79 Å². The molecule has 0 bridgehead atoms. The number of ketones is 1. The van der Waals surface area contributed by atoms with E-state index in [9.17, 15) is 14.0 Å². The van der Waals surface area contributed by atoms with Gasteiger partial charge in [0.25, 0.3) is 0 Å². The third-order valence-electron chi connectivity index (χ3n) is 3.85. The summed E-state index contributed by atoms with van der Waals surface area (Å²) in [5, 5.41) is 2.68. The van der Waals surface area contributed by atoms with Crippen molar-refractivity contribution in [3.63, 3.8) is 0 Å². The molecule has 2 amide bonds. The molecule has 1 N–H and O–H groups in total. The van der Waals surface area contributed by atoms with E-state index in [0.717, 1.165) is 12.8 Å². The first kappa shape index (κ1) is 15.4. The smallest absolute Gasteiger partial charge is 0.322 e. The van der Waals surface area contributed by atoms with Crippen molar-refractivity contribution >= 4 is 17.5 Å². The average Bonchev–Trinajstić information content (AvgIpc) is 3.21. The number of hydrogen-bond acceptors (Lipinski definition) is 3. The molecule has 2 rings (SSSR count). The van der Waals surface area contributed by atoms with Gasteiger partial charge in [0.05, 0.1) is 17.7 Å². The molecule has 1 aromatic rings. The van der Waals surface area contributed by atoms with Crippen molar-refractivity contribution in [2.75, 3.05) is 26.1 Å². The van der Waals surface area contributed by atoms with Crippen LogP contribution in [0.1, 0.15) is 30.1 Å². The molecule has 1 aromatic carbocycles. The molecule has 21 heavy (non-hydrogen) atoms. The van der Waals surface area contributed by atoms with Gasteiger partial charge < -0.3 is 15.0 Å². The Kier molecular flexibility index (Phi) is 4.27. The van der Waals surface area contributed by atoms with Gasteiger partial charge >= 0.3 is 6.03 Å². The van der Waals surface area contributed by atoms with Gasteiger partial charge in [0.1, 0.15) is 5.82 Å². The first-order valence-corrected chi connectivity index (χ1v) is 6.74. The number of benzene rings is 1. The summed E-state index contributed by atoms with van der Waals surface area (Å²) in [5.74, 6) is -0.970. The molecule has 0 radical (unpaired) electrons. The van der Waals surface area contributed by atoms with Crippen molar-refractivity contribution in [1.29, 1.82) is 0 Å². The Labute approximate surface area is 123 Å². The quantitative estimate of drug-likeness (QED) is 0.849. The zero-order chi connectivity index (χ0) is 15.6. The normalized spacial score (nSPS) is 15.4. The SMILES string of the molecule is COCC1(N(C)C(=O)Nc2ccc(F)c(C(C)=O)c2)CC1. The summed E-state index contributed by atoms with van der Waals surface area (Å²) >= 11 is 0. The predicted molar refractivity (Wildman–Crippen MR) is 77.0 cm³/mol. The average molecular weight is 294 g/mol. The minimum atomic E-state index is -0.591. The van der Waals surface area contributed by atoms with E-state index in [2.05, 4.69) is 5.32 Å². The largest absolute Gasteiger partial charge is 0.382 e. The molecule has 0 saturated heterocycles.